The number of hydrogen-bond acceptors (Lipinski definition) is 3. The first kappa shape index (κ1) is 20.0. The van der Waals surface area contributed by atoms with Crippen molar-refractivity contribution in [1.82, 2.24) is 20.5 Å². The molecule has 1 aromatic heterocycles. The molecule has 3 N–H and O–H groups in total. The summed E-state index contributed by atoms with van der Waals surface area (Å²) in [6, 6.07) is 5.36. The standard InChI is InChI=1S/C19H24Cl2N4O2/c1-12(26)23-9-7-19(6-3-8-22-11-19)24-18(27)16-10-13-15(25(16)2)5-4-14(20)17(13)21/h4-5,10,22H,3,6-9,11H2,1-2H3,(H,23,26)(H,24,27). The summed E-state index contributed by atoms with van der Waals surface area (Å²) in [6.07, 6.45) is 2.50. The van der Waals surface area contributed by atoms with Crippen LogP contribution in [0.25, 0.3) is 10.9 Å². The Morgan fingerprint density at radius 2 is 2.11 bits per heavy atom. The van der Waals surface area contributed by atoms with Crippen molar-refractivity contribution in [2.24, 2.45) is 7.05 Å². The summed E-state index contributed by atoms with van der Waals surface area (Å²) in [6.45, 7) is 3.62. The molecule has 27 heavy (non-hydrogen) atoms. The Bertz CT molecular complexity index is 872. The summed E-state index contributed by atoms with van der Waals surface area (Å²) >= 11 is 12.4. The number of halogens is 2. The van der Waals surface area contributed by atoms with E-state index >= 15 is 0 Å². The van der Waals surface area contributed by atoms with Gasteiger partial charge in [-0.15, -0.1) is 0 Å². The number of nitrogens with zero attached hydrogens (tertiary/aromatic N) is 1. The Morgan fingerprint density at radius 1 is 1.33 bits per heavy atom. The number of nitrogens with one attached hydrogen (secondary N) is 3. The minimum Gasteiger partial charge on any atom is -0.356 e. The molecule has 1 aliphatic rings. The van der Waals surface area contributed by atoms with E-state index in [1.165, 1.54) is 6.92 Å². The number of benzene rings is 1. The lowest BCUT2D eigenvalue weighted by Crippen LogP contribution is -2.58. The van der Waals surface area contributed by atoms with Crippen molar-refractivity contribution in [1.29, 1.82) is 0 Å². The zero-order valence-electron chi connectivity index (χ0n) is 15.5. The van der Waals surface area contributed by atoms with Crippen LogP contribution >= 0.6 is 23.2 Å². The first-order valence-electron chi connectivity index (χ1n) is 9.04. The molecule has 0 radical (unpaired) electrons. The maximum Gasteiger partial charge on any atom is 0.268 e. The lowest BCUT2D eigenvalue weighted by Gasteiger charge is -2.38. The van der Waals surface area contributed by atoms with Crippen LogP contribution in [0.1, 0.15) is 36.7 Å². The van der Waals surface area contributed by atoms with Crippen LogP contribution in [0.5, 0.6) is 0 Å². The van der Waals surface area contributed by atoms with Gasteiger partial charge in [-0.3, -0.25) is 9.59 Å². The van der Waals surface area contributed by atoms with Crippen LogP contribution in [0.2, 0.25) is 10.0 Å². The van der Waals surface area contributed by atoms with Crippen molar-refractivity contribution in [3.8, 4) is 0 Å². The van der Waals surface area contributed by atoms with Crippen LogP contribution < -0.4 is 16.0 Å². The highest BCUT2D eigenvalue weighted by molar-refractivity contribution is 6.45. The number of rotatable bonds is 5. The average Bonchev–Trinajstić information content (AvgIpc) is 2.96. The summed E-state index contributed by atoms with van der Waals surface area (Å²) in [4.78, 5) is 24.3. The van der Waals surface area contributed by atoms with Crippen molar-refractivity contribution in [2.75, 3.05) is 19.6 Å². The fourth-order valence-electron chi connectivity index (χ4n) is 3.70. The summed E-state index contributed by atoms with van der Waals surface area (Å²) in [5, 5.41) is 11.1. The molecule has 146 valence electrons. The van der Waals surface area contributed by atoms with Gasteiger partial charge in [-0.1, -0.05) is 23.2 Å². The van der Waals surface area contributed by atoms with Gasteiger partial charge >= 0.3 is 0 Å². The van der Waals surface area contributed by atoms with Crippen LogP contribution in [0.15, 0.2) is 18.2 Å². The van der Waals surface area contributed by atoms with E-state index in [-0.39, 0.29) is 11.8 Å². The molecule has 1 fully saturated rings. The fraction of sp³-hybridized carbons (Fsp3) is 0.474. The zero-order chi connectivity index (χ0) is 19.6. The Balaban J connectivity index is 1.85. The normalized spacial score (nSPS) is 19.9. The van der Waals surface area contributed by atoms with Crippen LogP contribution in [0, 0.1) is 0 Å². The molecule has 2 aromatic rings. The molecule has 1 saturated heterocycles. The molecule has 8 heteroatoms. The van der Waals surface area contributed by atoms with Crippen LogP contribution in [0.4, 0.5) is 0 Å². The lowest BCUT2D eigenvalue weighted by atomic mass is 9.86. The van der Waals surface area contributed by atoms with Gasteiger partial charge in [0.15, 0.2) is 0 Å². The average molecular weight is 411 g/mol. The highest BCUT2D eigenvalue weighted by atomic mass is 35.5. The molecule has 0 spiro atoms. The molecule has 3 rings (SSSR count). The second-order valence-electron chi connectivity index (χ2n) is 7.13. The van der Waals surface area contributed by atoms with Crippen LogP contribution in [0.3, 0.4) is 0 Å². The third-order valence-electron chi connectivity index (χ3n) is 5.17. The third-order valence-corrected chi connectivity index (χ3v) is 5.99. The molecule has 1 aromatic carbocycles. The van der Waals surface area contributed by atoms with Crippen molar-refractivity contribution in [3.63, 3.8) is 0 Å². The Hall–Kier alpha value is -1.76. The number of carbonyl (C=O) groups excluding carboxylic acids is 2. The Labute approximate surface area is 168 Å². The molecular weight excluding hydrogens is 387 g/mol. The van der Waals surface area contributed by atoms with E-state index in [9.17, 15) is 9.59 Å². The quantitative estimate of drug-likeness (QED) is 0.709. The first-order valence-corrected chi connectivity index (χ1v) is 9.80. The summed E-state index contributed by atoms with van der Waals surface area (Å²) in [5.74, 6) is -0.229. The number of fused-ring (bicyclic) bond motifs is 1. The van der Waals surface area contributed by atoms with Gasteiger partial charge in [0, 0.05) is 38.0 Å². The Kier molecular flexibility index (Phi) is 5.99. The maximum atomic E-state index is 13.1. The van der Waals surface area contributed by atoms with Crippen molar-refractivity contribution >= 4 is 45.9 Å². The molecular formula is C19H24Cl2N4O2. The van der Waals surface area contributed by atoms with Gasteiger partial charge in [0.05, 0.1) is 15.6 Å². The predicted molar refractivity (Wildman–Crippen MR) is 109 cm³/mol. The Morgan fingerprint density at radius 3 is 2.78 bits per heavy atom. The minimum absolute atomic E-state index is 0.0690. The van der Waals surface area contributed by atoms with E-state index in [0.717, 1.165) is 30.3 Å². The molecule has 1 atom stereocenters. The predicted octanol–water partition coefficient (Wildman–Crippen LogP) is 2.86. The van der Waals surface area contributed by atoms with Gasteiger partial charge in [-0.05, 0) is 44.0 Å². The summed E-state index contributed by atoms with van der Waals surface area (Å²) in [5.41, 5.74) is 0.984. The van der Waals surface area contributed by atoms with Crippen molar-refractivity contribution in [3.05, 3.63) is 33.9 Å². The molecule has 1 aliphatic heterocycles. The number of aromatic nitrogens is 1. The van der Waals surface area contributed by atoms with Crippen molar-refractivity contribution < 1.29 is 9.59 Å². The van der Waals surface area contributed by atoms with Crippen LogP contribution in [-0.4, -0.2) is 41.6 Å². The smallest absolute Gasteiger partial charge is 0.268 e. The van der Waals surface area contributed by atoms with Gasteiger partial charge in [-0.25, -0.2) is 0 Å². The van der Waals surface area contributed by atoms with E-state index in [1.807, 2.05) is 17.7 Å². The van der Waals surface area contributed by atoms with E-state index in [2.05, 4.69) is 16.0 Å². The number of amides is 2. The lowest BCUT2D eigenvalue weighted by molar-refractivity contribution is -0.119. The molecule has 2 heterocycles. The van der Waals surface area contributed by atoms with Gasteiger partial charge in [0.2, 0.25) is 5.91 Å². The number of piperidine rings is 1. The molecule has 0 bridgehead atoms. The zero-order valence-corrected chi connectivity index (χ0v) is 17.0. The fourth-order valence-corrected chi connectivity index (χ4v) is 4.08. The van der Waals surface area contributed by atoms with Gasteiger partial charge in [0.25, 0.3) is 5.91 Å². The highest BCUT2D eigenvalue weighted by Gasteiger charge is 2.34. The van der Waals surface area contributed by atoms with Crippen molar-refractivity contribution in [2.45, 2.75) is 31.7 Å². The largest absolute Gasteiger partial charge is 0.356 e. The summed E-state index contributed by atoms with van der Waals surface area (Å²) < 4.78 is 1.82. The molecule has 2 amide bonds. The maximum absolute atomic E-state index is 13.1. The van der Waals surface area contributed by atoms with E-state index < -0.39 is 5.54 Å². The second kappa shape index (κ2) is 8.09. The highest BCUT2D eigenvalue weighted by Crippen LogP contribution is 2.32. The van der Waals surface area contributed by atoms with E-state index in [4.69, 9.17) is 23.2 Å². The SMILES string of the molecule is CC(=O)NCCC1(NC(=O)c2cc3c(Cl)c(Cl)ccc3n2C)CCCNC1. The monoisotopic (exact) mass is 410 g/mol. The second-order valence-corrected chi connectivity index (χ2v) is 7.92. The minimum atomic E-state index is -0.393. The molecule has 6 nitrogen and oxygen atoms in total. The number of aryl methyl sites for hydroxylation is 1. The first-order chi connectivity index (χ1) is 12.8. The van der Waals surface area contributed by atoms with Gasteiger partial charge in [-0.2, -0.15) is 0 Å². The van der Waals surface area contributed by atoms with Crippen LogP contribution in [-0.2, 0) is 11.8 Å². The summed E-state index contributed by atoms with van der Waals surface area (Å²) in [7, 11) is 1.84. The number of carbonyl (C=O) groups is 2. The number of hydrogen-bond donors (Lipinski definition) is 3. The van der Waals surface area contributed by atoms with Gasteiger partial charge in [0.1, 0.15) is 5.69 Å². The molecule has 0 saturated carbocycles. The van der Waals surface area contributed by atoms with E-state index in [0.29, 0.717) is 35.2 Å². The van der Waals surface area contributed by atoms with E-state index in [1.54, 1.807) is 12.1 Å². The van der Waals surface area contributed by atoms with Gasteiger partial charge < -0.3 is 20.5 Å². The third kappa shape index (κ3) is 4.23. The topological polar surface area (TPSA) is 75.2 Å². The molecule has 1 unspecified atom stereocenters. The molecule has 0 aliphatic carbocycles.